The summed E-state index contributed by atoms with van der Waals surface area (Å²) >= 11 is 0. The lowest BCUT2D eigenvalue weighted by Gasteiger charge is -2.34. The lowest BCUT2D eigenvalue weighted by atomic mass is 9.93. The topological polar surface area (TPSA) is 89.6 Å². The number of methoxy groups -OCH3 is 1. The molecule has 0 aliphatic carbocycles. The molecule has 0 radical (unpaired) electrons. The van der Waals surface area contributed by atoms with Crippen molar-refractivity contribution >= 4 is 28.4 Å². The van der Waals surface area contributed by atoms with Crippen LogP contribution < -0.4 is 11.1 Å². The third-order valence-electron chi connectivity index (χ3n) is 8.80. The summed E-state index contributed by atoms with van der Waals surface area (Å²) in [5, 5.41) is 3.51. The van der Waals surface area contributed by atoms with Crippen LogP contribution in [0.25, 0.3) is 22.0 Å². The van der Waals surface area contributed by atoms with E-state index in [1.54, 1.807) is 13.2 Å². The molecule has 43 heavy (non-hydrogen) atoms. The Morgan fingerprint density at radius 1 is 1.12 bits per heavy atom. The molecule has 2 aliphatic rings. The highest BCUT2D eigenvalue weighted by Crippen LogP contribution is 2.34. The van der Waals surface area contributed by atoms with Crippen molar-refractivity contribution in [2.45, 2.75) is 57.0 Å². The van der Waals surface area contributed by atoms with E-state index >= 15 is 0 Å². The number of halogens is 1. The van der Waals surface area contributed by atoms with Gasteiger partial charge in [0.1, 0.15) is 5.82 Å². The van der Waals surface area contributed by atoms with E-state index in [0.717, 1.165) is 71.5 Å². The van der Waals surface area contributed by atoms with Crippen molar-refractivity contribution in [2.75, 3.05) is 32.1 Å². The number of aromatic nitrogens is 1. The molecule has 3 aromatic carbocycles. The summed E-state index contributed by atoms with van der Waals surface area (Å²) in [6.45, 7) is 2.72. The van der Waals surface area contributed by atoms with Crippen molar-refractivity contribution in [1.82, 2.24) is 9.47 Å². The van der Waals surface area contributed by atoms with Gasteiger partial charge in [-0.05, 0) is 78.3 Å². The van der Waals surface area contributed by atoms with E-state index in [4.69, 9.17) is 10.5 Å². The lowest BCUT2D eigenvalue weighted by molar-refractivity contribution is -0.132. The number of piperidine rings is 1. The molecule has 3 heterocycles. The smallest absolute Gasteiger partial charge is 0.228 e. The summed E-state index contributed by atoms with van der Waals surface area (Å²) < 4.78 is 22.2. The van der Waals surface area contributed by atoms with Gasteiger partial charge in [-0.3, -0.25) is 9.59 Å². The van der Waals surface area contributed by atoms with Gasteiger partial charge >= 0.3 is 0 Å². The number of anilines is 1. The minimum Gasteiger partial charge on any atom is -0.385 e. The number of likely N-dealkylation sites (tertiary alicyclic amines) is 1. The van der Waals surface area contributed by atoms with Crippen LogP contribution in [0.5, 0.6) is 0 Å². The largest absolute Gasteiger partial charge is 0.385 e. The number of ether oxygens (including phenoxy) is 1. The molecular formula is C35H39FN4O3. The Bertz CT molecular complexity index is 1630. The second kappa shape index (κ2) is 12.7. The van der Waals surface area contributed by atoms with Crippen molar-refractivity contribution in [3.8, 4) is 11.1 Å². The van der Waals surface area contributed by atoms with Gasteiger partial charge in [0.2, 0.25) is 11.8 Å². The van der Waals surface area contributed by atoms with Crippen molar-refractivity contribution in [3.05, 3.63) is 89.4 Å². The molecule has 2 aliphatic heterocycles. The molecule has 7 nitrogen and oxygen atoms in total. The van der Waals surface area contributed by atoms with Gasteiger partial charge in [0.15, 0.2) is 0 Å². The molecule has 0 saturated carbocycles. The fourth-order valence-electron chi connectivity index (χ4n) is 6.64. The van der Waals surface area contributed by atoms with E-state index in [9.17, 15) is 14.0 Å². The minimum absolute atomic E-state index is 0.0302. The molecule has 2 atom stereocenters. The maximum absolute atomic E-state index is 14.7. The van der Waals surface area contributed by atoms with Crippen LogP contribution in [0, 0.1) is 5.82 Å². The lowest BCUT2D eigenvalue weighted by Crippen LogP contribution is -2.42. The van der Waals surface area contributed by atoms with Crippen molar-refractivity contribution in [2.24, 2.45) is 5.73 Å². The SMILES string of the molecule is COCCCn1c(C2CCCN(C(=O)CC(N)Cc3ccc(-c4ccc5c(c4)CC(=O)N5)cc3)C2)cc2c(F)cccc21. The summed E-state index contributed by atoms with van der Waals surface area (Å²) in [7, 11) is 1.69. The first-order chi connectivity index (χ1) is 20.9. The highest BCUT2D eigenvalue weighted by molar-refractivity contribution is 5.99. The Hall–Kier alpha value is -4.01. The standard InChI is InChI=1S/C35H39FN4O3/c1-43-16-4-15-40-32-7-2-6-30(36)29(32)21-33(40)26-5-3-14-39(22-26)35(42)20-28(37)17-23-8-10-24(11-9-23)25-12-13-31-27(18-25)19-34(41)38-31/h2,6-13,18,21,26,28H,3-5,14-17,19-20,22,37H2,1H3,(H,38,41). The average Bonchev–Trinajstić information content (AvgIpc) is 3.57. The first-order valence-corrected chi connectivity index (χ1v) is 15.2. The Kier molecular flexibility index (Phi) is 8.58. The molecule has 0 spiro atoms. The number of nitrogens with two attached hydrogens (primary N) is 1. The molecule has 2 amide bonds. The van der Waals surface area contributed by atoms with Crippen molar-refractivity contribution in [1.29, 1.82) is 0 Å². The minimum atomic E-state index is -0.287. The Morgan fingerprint density at radius 3 is 2.74 bits per heavy atom. The zero-order valence-corrected chi connectivity index (χ0v) is 24.7. The van der Waals surface area contributed by atoms with Gasteiger partial charge in [-0.2, -0.15) is 0 Å². The number of hydrogen-bond donors (Lipinski definition) is 2. The summed E-state index contributed by atoms with van der Waals surface area (Å²) in [4.78, 5) is 27.0. The number of nitrogens with zero attached hydrogens (tertiary/aromatic N) is 2. The molecule has 6 rings (SSSR count). The van der Waals surface area contributed by atoms with Crippen LogP contribution in [0.2, 0.25) is 0 Å². The third-order valence-corrected chi connectivity index (χ3v) is 8.80. The predicted molar refractivity (Wildman–Crippen MR) is 167 cm³/mol. The van der Waals surface area contributed by atoms with Crippen molar-refractivity contribution < 1.29 is 18.7 Å². The van der Waals surface area contributed by atoms with E-state index < -0.39 is 0 Å². The van der Waals surface area contributed by atoms with E-state index in [-0.39, 0.29) is 36.0 Å². The van der Waals surface area contributed by atoms with Crippen LogP contribution in [0.4, 0.5) is 10.1 Å². The van der Waals surface area contributed by atoms with Gasteiger partial charge < -0.3 is 25.3 Å². The monoisotopic (exact) mass is 582 g/mol. The zero-order valence-electron chi connectivity index (χ0n) is 24.7. The molecule has 1 fully saturated rings. The molecule has 4 aromatic rings. The number of amides is 2. The first-order valence-electron chi connectivity index (χ1n) is 15.2. The molecule has 8 heteroatoms. The average molecular weight is 583 g/mol. The van der Waals surface area contributed by atoms with Crippen LogP contribution in [0.15, 0.2) is 66.7 Å². The molecule has 2 unspecified atom stereocenters. The quantitative estimate of drug-likeness (QED) is 0.237. The van der Waals surface area contributed by atoms with E-state index in [1.165, 1.54) is 6.07 Å². The van der Waals surface area contributed by atoms with Crippen LogP contribution in [0.1, 0.15) is 48.4 Å². The normalized spacial score (nSPS) is 17.2. The number of carbonyl (C=O) groups is 2. The summed E-state index contributed by atoms with van der Waals surface area (Å²) in [5.41, 5.74) is 13.6. The highest BCUT2D eigenvalue weighted by atomic mass is 19.1. The van der Waals surface area contributed by atoms with Gasteiger partial charge in [-0.25, -0.2) is 4.39 Å². The molecule has 0 bridgehead atoms. The van der Waals surface area contributed by atoms with Crippen LogP contribution in [-0.2, 0) is 33.7 Å². The van der Waals surface area contributed by atoms with E-state index in [2.05, 4.69) is 40.2 Å². The second-order valence-electron chi connectivity index (χ2n) is 11.9. The van der Waals surface area contributed by atoms with Gasteiger partial charge in [0.25, 0.3) is 0 Å². The first kappa shape index (κ1) is 29.1. The predicted octanol–water partition coefficient (Wildman–Crippen LogP) is 5.64. The maximum Gasteiger partial charge on any atom is 0.228 e. The van der Waals surface area contributed by atoms with E-state index in [1.807, 2.05) is 29.2 Å². The summed E-state index contributed by atoms with van der Waals surface area (Å²) in [5.74, 6) is 0.0305. The number of aryl methyl sites for hydroxylation is 1. The van der Waals surface area contributed by atoms with Gasteiger partial charge in [-0.1, -0.05) is 36.4 Å². The molecule has 224 valence electrons. The summed E-state index contributed by atoms with van der Waals surface area (Å²) in [6.07, 6.45) is 4.01. The van der Waals surface area contributed by atoms with Gasteiger partial charge in [0.05, 0.1) is 11.9 Å². The number of rotatable bonds is 10. The number of benzene rings is 3. The fraction of sp³-hybridized carbons (Fsp3) is 0.371. The number of nitrogens with one attached hydrogen (secondary N) is 1. The number of hydrogen-bond acceptors (Lipinski definition) is 4. The van der Waals surface area contributed by atoms with Crippen molar-refractivity contribution in [3.63, 3.8) is 0 Å². The molecule has 1 saturated heterocycles. The molecule has 1 aromatic heterocycles. The molecular weight excluding hydrogens is 543 g/mol. The highest BCUT2D eigenvalue weighted by Gasteiger charge is 2.28. The van der Waals surface area contributed by atoms with Crippen LogP contribution in [0.3, 0.4) is 0 Å². The zero-order chi connectivity index (χ0) is 29.9. The summed E-state index contributed by atoms with van der Waals surface area (Å²) in [6, 6.07) is 21.2. The van der Waals surface area contributed by atoms with Crippen LogP contribution in [-0.4, -0.2) is 54.1 Å². The van der Waals surface area contributed by atoms with E-state index in [0.29, 0.717) is 31.4 Å². The number of fused-ring (bicyclic) bond motifs is 2. The third kappa shape index (κ3) is 6.36. The Morgan fingerprint density at radius 2 is 1.93 bits per heavy atom. The number of carbonyl (C=O) groups excluding carboxylic acids is 2. The Labute approximate surface area is 251 Å². The second-order valence-corrected chi connectivity index (χ2v) is 11.9. The fourth-order valence-corrected chi connectivity index (χ4v) is 6.64. The van der Waals surface area contributed by atoms with Gasteiger partial charge in [0, 0.05) is 68.5 Å². The Balaban J connectivity index is 1.08. The molecule has 3 N–H and O–H groups in total. The van der Waals surface area contributed by atoms with Gasteiger partial charge in [-0.15, -0.1) is 0 Å². The maximum atomic E-state index is 14.7. The van der Waals surface area contributed by atoms with Crippen LogP contribution >= 0.6 is 0 Å².